The number of H-pyrrole nitrogens is 2. The SMILES string of the molecule is COc1ccc(C=NNC(=O)Cc2n[nH]c(=O)[nH]c2=O)c(OC)c1. The number of methoxy groups -OCH3 is 2. The topological polar surface area (TPSA) is 139 Å². The fraction of sp³-hybridized carbons (Fsp3) is 0.214. The predicted molar refractivity (Wildman–Crippen MR) is 84.5 cm³/mol. The van der Waals surface area contributed by atoms with Crippen molar-refractivity contribution < 1.29 is 14.3 Å². The van der Waals surface area contributed by atoms with Crippen molar-refractivity contribution in [2.24, 2.45) is 5.10 Å². The van der Waals surface area contributed by atoms with Crippen molar-refractivity contribution in [3.05, 3.63) is 50.3 Å². The Morgan fingerprint density at radius 3 is 2.79 bits per heavy atom. The third-order valence-corrected chi connectivity index (χ3v) is 2.94. The van der Waals surface area contributed by atoms with Gasteiger partial charge in [0.05, 0.1) is 26.9 Å². The Kier molecular flexibility index (Phi) is 5.45. The summed E-state index contributed by atoms with van der Waals surface area (Å²) in [5.41, 5.74) is 1.29. The molecule has 1 amide bonds. The number of aromatic amines is 2. The van der Waals surface area contributed by atoms with Gasteiger partial charge in [-0.25, -0.2) is 15.3 Å². The Morgan fingerprint density at radius 1 is 1.33 bits per heavy atom. The molecule has 0 fully saturated rings. The standard InChI is InChI=1S/C14H15N5O5/c1-23-9-4-3-8(11(5-9)24-2)7-15-18-12(20)6-10-13(21)16-14(22)19-17-10/h3-5,7H,6H2,1-2H3,(H,18,20)(H2,16,19,21,22). The molecule has 1 aromatic carbocycles. The molecule has 0 spiro atoms. The lowest BCUT2D eigenvalue weighted by atomic mass is 10.2. The monoisotopic (exact) mass is 333 g/mol. The molecule has 126 valence electrons. The Hall–Kier alpha value is -3.43. The molecule has 10 nitrogen and oxygen atoms in total. The number of hydrogen-bond donors (Lipinski definition) is 3. The van der Waals surface area contributed by atoms with Crippen LogP contribution < -0.4 is 26.1 Å². The maximum Gasteiger partial charge on any atom is 0.342 e. The number of hydrogen-bond acceptors (Lipinski definition) is 7. The second kappa shape index (κ2) is 7.72. The molecular weight excluding hydrogens is 318 g/mol. The number of aromatic nitrogens is 3. The molecule has 24 heavy (non-hydrogen) atoms. The molecule has 0 atom stereocenters. The van der Waals surface area contributed by atoms with E-state index in [0.29, 0.717) is 17.1 Å². The highest BCUT2D eigenvalue weighted by atomic mass is 16.5. The van der Waals surface area contributed by atoms with Crippen LogP contribution in [0.1, 0.15) is 11.3 Å². The minimum atomic E-state index is -0.742. The lowest BCUT2D eigenvalue weighted by Crippen LogP contribution is -2.31. The Morgan fingerprint density at radius 2 is 2.12 bits per heavy atom. The first-order valence-corrected chi connectivity index (χ1v) is 6.75. The van der Waals surface area contributed by atoms with Gasteiger partial charge in [0.15, 0.2) is 0 Å². The molecule has 0 unspecified atom stereocenters. The Balaban J connectivity index is 2.02. The van der Waals surface area contributed by atoms with Gasteiger partial charge in [-0.05, 0) is 12.1 Å². The van der Waals surface area contributed by atoms with Gasteiger partial charge in [0.1, 0.15) is 17.2 Å². The largest absolute Gasteiger partial charge is 0.497 e. The van der Waals surface area contributed by atoms with Crippen molar-refractivity contribution in [2.75, 3.05) is 14.2 Å². The lowest BCUT2D eigenvalue weighted by molar-refractivity contribution is -0.120. The third-order valence-electron chi connectivity index (χ3n) is 2.94. The molecular formula is C14H15N5O5. The van der Waals surface area contributed by atoms with E-state index < -0.39 is 17.2 Å². The number of amides is 1. The molecule has 0 aliphatic carbocycles. The maximum atomic E-state index is 11.7. The van der Waals surface area contributed by atoms with Gasteiger partial charge in [0, 0.05) is 11.6 Å². The molecule has 1 aromatic heterocycles. The zero-order valence-corrected chi connectivity index (χ0v) is 13.0. The van der Waals surface area contributed by atoms with Gasteiger partial charge in [-0.3, -0.25) is 14.6 Å². The van der Waals surface area contributed by atoms with Crippen LogP contribution in [0, 0.1) is 0 Å². The van der Waals surface area contributed by atoms with Gasteiger partial charge >= 0.3 is 5.69 Å². The van der Waals surface area contributed by atoms with Gasteiger partial charge in [-0.15, -0.1) is 0 Å². The van der Waals surface area contributed by atoms with Gasteiger partial charge in [-0.2, -0.15) is 10.2 Å². The summed E-state index contributed by atoms with van der Waals surface area (Å²) in [6.07, 6.45) is 1.06. The quantitative estimate of drug-likeness (QED) is 0.466. The van der Waals surface area contributed by atoms with Gasteiger partial charge in [0.25, 0.3) is 5.56 Å². The van der Waals surface area contributed by atoms with Crippen LogP contribution in [0.15, 0.2) is 32.9 Å². The van der Waals surface area contributed by atoms with E-state index >= 15 is 0 Å². The van der Waals surface area contributed by atoms with Gasteiger partial charge in [0.2, 0.25) is 5.91 Å². The zero-order valence-electron chi connectivity index (χ0n) is 13.0. The summed E-state index contributed by atoms with van der Waals surface area (Å²) in [5, 5.41) is 9.34. The van der Waals surface area contributed by atoms with Crippen molar-refractivity contribution in [3.8, 4) is 11.5 Å². The average molecular weight is 333 g/mol. The number of nitrogens with zero attached hydrogens (tertiary/aromatic N) is 2. The van der Waals surface area contributed by atoms with Crippen molar-refractivity contribution in [1.29, 1.82) is 0 Å². The summed E-state index contributed by atoms with van der Waals surface area (Å²) in [6.45, 7) is 0. The van der Waals surface area contributed by atoms with Crippen LogP contribution in [0.2, 0.25) is 0 Å². The van der Waals surface area contributed by atoms with Crippen LogP contribution in [0.5, 0.6) is 11.5 Å². The van der Waals surface area contributed by atoms with E-state index in [2.05, 4.69) is 15.6 Å². The molecule has 1 heterocycles. The molecule has 0 aliphatic rings. The minimum absolute atomic E-state index is 0.121. The average Bonchev–Trinajstić information content (AvgIpc) is 2.57. The number of ether oxygens (including phenoxy) is 2. The third kappa shape index (κ3) is 4.29. The second-order valence-electron chi connectivity index (χ2n) is 4.53. The summed E-state index contributed by atoms with van der Waals surface area (Å²) in [6, 6.07) is 5.10. The molecule has 10 heteroatoms. The van der Waals surface area contributed by atoms with Crippen LogP contribution in [0.25, 0.3) is 0 Å². The Labute approximate surface area is 135 Å². The van der Waals surface area contributed by atoms with E-state index in [9.17, 15) is 14.4 Å². The van der Waals surface area contributed by atoms with Crippen molar-refractivity contribution >= 4 is 12.1 Å². The second-order valence-corrected chi connectivity index (χ2v) is 4.53. The van der Waals surface area contributed by atoms with E-state index in [-0.39, 0.29) is 12.1 Å². The van der Waals surface area contributed by atoms with E-state index in [1.54, 1.807) is 18.2 Å². The minimum Gasteiger partial charge on any atom is -0.497 e. The van der Waals surface area contributed by atoms with E-state index in [1.165, 1.54) is 20.4 Å². The van der Waals surface area contributed by atoms with Gasteiger partial charge < -0.3 is 9.47 Å². The predicted octanol–water partition coefficient (Wildman–Crippen LogP) is -0.832. The van der Waals surface area contributed by atoms with E-state index in [4.69, 9.17) is 9.47 Å². The van der Waals surface area contributed by atoms with Crippen LogP contribution in [0.4, 0.5) is 0 Å². The number of carbonyl (C=O) groups is 1. The molecule has 0 saturated carbocycles. The van der Waals surface area contributed by atoms with Crippen LogP contribution in [0.3, 0.4) is 0 Å². The van der Waals surface area contributed by atoms with Gasteiger partial charge in [-0.1, -0.05) is 0 Å². The normalized spacial score (nSPS) is 10.6. The number of nitrogens with one attached hydrogen (secondary N) is 3. The number of hydrazone groups is 1. The highest BCUT2D eigenvalue weighted by molar-refractivity contribution is 5.85. The fourth-order valence-electron chi connectivity index (χ4n) is 1.78. The Bertz CT molecular complexity index is 870. The smallest absolute Gasteiger partial charge is 0.342 e. The first kappa shape index (κ1) is 16.9. The molecule has 0 saturated heterocycles. The summed E-state index contributed by atoms with van der Waals surface area (Å²) >= 11 is 0. The fourth-order valence-corrected chi connectivity index (χ4v) is 1.78. The van der Waals surface area contributed by atoms with E-state index in [1.807, 2.05) is 10.1 Å². The summed E-state index contributed by atoms with van der Waals surface area (Å²) < 4.78 is 10.3. The first-order valence-electron chi connectivity index (χ1n) is 6.75. The first-order chi connectivity index (χ1) is 11.5. The number of carbonyl (C=O) groups excluding carboxylic acids is 1. The summed E-state index contributed by atoms with van der Waals surface area (Å²) in [7, 11) is 3.04. The molecule has 0 radical (unpaired) electrons. The molecule has 0 aliphatic heterocycles. The highest BCUT2D eigenvalue weighted by Crippen LogP contribution is 2.22. The lowest BCUT2D eigenvalue weighted by Gasteiger charge is -2.06. The van der Waals surface area contributed by atoms with Crippen molar-refractivity contribution in [1.82, 2.24) is 20.6 Å². The number of benzene rings is 1. The van der Waals surface area contributed by atoms with E-state index in [0.717, 1.165) is 0 Å². The maximum absolute atomic E-state index is 11.7. The van der Waals surface area contributed by atoms with Crippen molar-refractivity contribution in [2.45, 2.75) is 6.42 Å². The molecule has 0 bridgehead atoms. The van der Waals surface area contributed by atoms with Crippen LogP contribution in [-0.4, -0.2) is 41.5 Å². The zero-order chi connectivity index (χ0) is 17.5. The summed E-state index contributed by atoms with van der Waals surface area (Å²) in [5.74, 6) is 0.575. The molecule has 2 rings (SSSR count). The van der Waals surface area contributed by atoms with Crippen LogP contribution in [-0.2, 0) is 11.2 Å². The molecule has 2 aromatic rings. The highest BCUT2D eigenvalue weighted by Gasteiger charge is 2.08. The van der Waals surface area contributed by atoms with Crippen LogP contribution >= 0.6 is 0 Å². The number of rotatable bonds is 6. The summed E-state index contributed by atoms with van der Waals surface area (Å²) in [4.78, 5) is 36.0. The van der Waals surface area contributed by atoms with Crippen molar-refractivity contribution in [3.63, 3.8) is 0 Å². The molecule has 3 N–H and O–H groups in total.